The van der Waals surface area contributed by atoms with Crippen LogP contribution in [0.15, 0.2) is 42.2 Å². The molecule has 3 aliphatic heterocycles. The summed E-state index contributed by atoms with van der Waals surface area (Å²) in [5, 5.41) is 15.4. The fourth-order valence-corrected chi connectivity index (χ4v) is 4.68. The number of halogens is 2. The molecule has 8 nitrogen and oxygen atoms in total. The van der Waals surface area contributed by atoms with E-state index in [2.05, 4.69) is 16.8 Å². The molecule has 1 spiro atoms. The number of carbonyl (C=O) groups excluding carboxylic acids is 2. The topological polar surface area (TPSA) is 102 Å². The highest BCUT2D eigenvalue weighted by Crippen LogP contribution is 2.44. The molecule has 3 fully saturated rings. The Morgan fingerprint density at radius 2 is 2.09 bits per heavy atom. The van der Waals surface area contributed by atoms with Crippen LogP contribution in [0.4, 0.5) is 8.78 Å². The largest absolute Gasteiger partial charge is 0.342 e. The molecular weight excluding hydrogens is 420 g/mol. The number of carbonyl (C=O) groups is 2. The predicted octanol–water partition coefficient (Wildman–Crippen LogP) is 2.89. The van der Waals surface area contributed by atoms with Gasteiger partial charge in [-0.1, -0.05) is 6.58 Å². The molecule has 0 aliphatic carbocycles. The van der Waals surface area contributed by atoms with E-state index in [0.717, 1.165) is 19.1 Å². The van der Waals surface area contributed by atoms with E-state index in [1.54, 1.807) is 9.80 Å². The Labute approximate surface area is 183 Å². The molecule has 168 valence electrons. The molecule has 0 bridgehead atoms. The van der Waals surface area contributed by atoms with Gasteiger partial charge >= 0.3 is 0 Å². The fourth-order valence-electron chi connectivity index (χ4n) is 4.68. The molecule has 10 heteroatoms. The average molecular weight is 443 g/mol. The highest BCUT2D eigenvalue weighted by molar-refractivity contribution is 5.95. The first-order valence-electron chi connectivity index (χ1n) is 10.4. The van der Waals surface area contributed by atoms with Crippen LogP contribution in [-0.4, -0.2) is 62.8 Å². The number of H-pyrrole nitrogens is 1. The number of aromatic nitrogens is 2. The molecule has 2 atom stereocenters. The number of aromatic amines is 1. The van der Waals surface area contributed by atoms with Crippen molar-refractivity contribution in [2.24, 2.45) is 0 Å². The van der Waals surface area contributed by atoms with Crippen LogP contribution in [0.1, 0.15) is 48.7 Å². The lowest BCUT2D eigenvalue weighted by Gasteiger charge is -2.37. The maximum Gasteiger partial charge on any atom is 0.273 e. The smallest absolute Gasteiger partial charge is 0.273 e. The van der Waals surface area contributed by atoms with Crippen LogP contribution >= 0.6 is 0 Å². The zero-order valence-electron chi connectivity index (χ0n) is 17.6. The second kappa shape index (κ2) is 8.31. The van der Waals surface area contributed by atoms with Gasteiger partial charge in [0.05, 0.1) is 18.1 Å². The number of nitrogens with zero attached hydrogens (tertiary/aromatic N) is 4. The molecule has 0 unspecified atom stereocenters. The molecule has 4 heterocycles. The Kier molecular flexibility index (Phi) is 5.69. The Morgan fingerprint density at radius 1 is 1.38 bits per heavy atom. The van der Waals surface area contributed by atoms with E-state index in [1.807, 2.05) is 6.07 Å². The number of nitriles is 1. The lowest BCUT2D eigenvalue weighted by molar-refractivity contribution is -0.142. The first kappa shape index (κ1) is 21.9. The van der Waals surface area contributed by atoms with Crippen molar-refractivity contribution < 1.29 is 23.1 Å². The molecular formula is C22H23F2N5O3. The number of hydrogen-bond donors (Lipinski definition) is 1. The van der Waals surface area contributed by atoms with E-state index in [-0.39, 0.29) is 36.2 Å². The van der Waals surface area contributed by atoms with Crippen LogP contribution in [0.2, 0.25) is 0 Å². The van der Waals surface area contributed by atoms with Crippen molar-refractivity contribution >= 4 is 11.8 Å². The molecule has 3 saturated heterocycles. The molecule has 32 heavy (non-hydrogen) atoms. The van der Waals surface area contributed by atoms with Gasteiger partial charge in [-0.25, -0.2) is 8.78 Å². The molecule has 0 aromatic carbocycles. The van der Waals surface area contributed by atoms with Crippen molar-refractivity contribution in [2.75, 3.05) is 13.1 Å². The average Bonchev–Trinajstić information content (AvgIpc) is 3.44. The van der Waals surface area contributed by atoms with Crippen LogP contribution in [0.5, 0.6) is 0 Å². The number of rotatable bonds is 4. The van der Waals surface area contributed by atoms with E-state index in [0.29, 0.717) is 31.3 Å². The Hall–Kier alpha value is -3.32. The summed E-state index contributed by atoms with van der Waals surface area (Å²) in [6, 6.07) is 1.50. The number of amides is 2. The molecule has 1 aromatic rings. The minimum Gasteiger partial charge on any atom is -0.342 e. The maximum atomic E-state index is 13.9. The highest BCUT2D eigenvalue weighted by Gasteiger charge is 2.58. The van der Waals surface area contributed by atoms with E-state index in [4.69, 9.17) is 10.00 Å². The van der Waals surface area contributed by atoms with Crippen LogP contribution in [-0.2, 0) is 9.53 Å². The minimum atomic E-state index is -1.04. The number of piperidine rings is 1. The Bertz CT molecular complexity index is 1060. The van der Waals surface area contributed by atoms with Gasteiger partial charge in [0, 0.05) is 32.0 Å². The first-order chi connectivity index (χ1) is 15.3. The van der Waals surface area contributed by atoms with Crippen molar-refractivity contribution in [1.82, 2.24) is 20.0 Å². The zero-order chi connectivity index (χ0) is 23.0. The SMILES string of the molecule is C=C(/C=C(F)\C=C(/C)F)[C@@H]1CC[C@H]2OC3(CCN(C(=O)c4[nH]ncc4C#N)CC3)C(=O)N21. The molecule has 1 N–H and O–H groups in total. The summed E-state index contributed by atoms with van der Waals surface area (Å²) in [4.78, 5) is 29.3. The summed E-state index contributed by atoms with van der Waals surface area (Å²) in [6.07, 6.45) is 4.58. The number of likely N-dealkylation sites (tertiary alicyclic amines) is 1. The van der Waals surface area contributed by atoms with Gasteiger partial charge < -0.3 is 14.5 Å². The summed E-state index contributed by atoms with van der Waals surface area (Å²) < 4.78 is 33.0. The van der Waals surface area contributed by atoms with Crippen LogP contribution in [0.3, 0.4) is 0 Å². The van der Waals surface area contributed by atoms with E-state index >= 15 is 0 Å². The van der Waals surface area contributed by atoms with Crippen LogP contribution in [0.25, 0.3) is 0 Å². The predicted molar refractivity (Wildman–Crippen MR) is 109 cm³/mol. The number of hydrogen-bond acceptors (Lipinski definition) is 5. The third-order valence-corrected chi connectivity index (χ3v) is 6.24. The summed E-state index contributed by atoms with van der Waals surface area (Å²) in [7, 11) is 0. The molecule has 4 rings (SSSR count). The monoisotopic (exact) mass is 443 g/mol. The minimum absolute atomic E-state index is 0.130. The maximum absolute atomic E-state index is 13.9. The molecule has 3 aliphatic rings. The Balaban J connectivity index is 1.45. The third-order valence-electron chi connectivity index (χ3n) is 6.24. The molecule has 2 amide bonds. The van der Waals surface area contributed by atoms with Crippen molar-refractivity contribution in [1.29, 1.82) is 5.26 Å². The molecule has 0 saturated carbocycles. The zero-order valence-corrected chi connectivity index (χ0v) is 17.6. The number of nitrogens with one attached hydrogen (secondary N) is 1. The van der Waals surface area contributed by atoms with Crippen LogP contribution < -0.4 is 0 Å². The molecule has 0 radical (unpaired) electrons. The van der Waals surface area contributed by atoms with Gasteiger partial charge in [-0.3, -0.25) is 14.7 Å². The number of ether oxygens (including phenoxy) is 1. The van der Waals surface area contributed by atoms with Gasteiger partial charge in [0.15, 0.2) is 5.60 Å². The fraction of sp³-hybridized carbons (Fsp3) is 0.455. The number of allylic oxidation sites excluding steroid dienone is 3. The van der Waals surface area contributed by atoms with Gasteiger partial charge in [0.25, 0.3) is 11.8 Å². The summed E-state index contributed by atoms with van der Waals surface area (Å²) in [6.45, 7) is 5.61. The number of fused-ring (bicyclic) bond motifs is 1. The van der Waals surface area contributed by atoms with Gasteiger partial charge in [-0.2, -0.15) is 10.4 Å². The second-order valence-corrected chi connectivity index (χ2v) is 8.27. The molecule has 1 aromatic heterocycles. The Morgan fingerprint density at radius 3 is 2.75 bits per heavy atom. The van der Waals surface area contributed by atoms with E-state index in [1.165, 1.54) is 6.20 Å². The van der Waals surface area contributed by atoms with Gasteiger partial charge in [-0.15, -0.1) is 0 Å². The van der Waals surface area contributed by atoms with Crippen molar-refractivity contribution in [2.45, 2.75) is 50.5 Å². The summed E-state index contributed by atoms with van der Waals surface area (Å²) in [5.41, 5.74) is -0.356. The lowest BCUT2D eigenvalue weighted by Crippen LogP contribution is -2.52. The standard InChI is InChI=1S/C22H23F2N5O3/c1-13(9-16(24)10-14(2)23)17-3-4-18-29(17)21(31)22(32-18)5-7-28(8-6-22)20(30)19-15(11-25)12-26-27-19/h9-10,12,17-18H,1,3-8H2,2H3,(H,26,27)/b14-10+,16-9+/t17-,18+/m0/s1. The van der Waals surface area contributed by atoms with Gasteiger partial charge in [0.1, 0.15) is 29.4 Å². The highest BCUT2D eigenvalue weighted by atomic mass is 19.1. The van der Waals surface area contributed by atoms with Crippen LogP contribution in [0, 0.1) is 11.3 Å². The van der Waals surface area contributed by atoms with Crippen molar-refractivity contribution in [3.05, 3.63) is 53.4 Å². The quantitative estimate of drug-likeness (QED) is 0.721. The first-order valence-corrected chi connectivity index (χ1v) is 10.4. The van der Waals surface area contributed by atoms with Gasteiger partial charge in [0.2, 0.25) is 0 Å². The summed E-state index contributed by atoms with van der Waals surface area (Å²) >= 11 is 0. The van der Waals surface area contributed by atoms with E-state index < -0.39 is 29.5 Å². The lowest BCUT2D eigenvalue weighted by atomic mass is 9.89. The second-order valence-electron chi connectivity index (χ2n) is 8.27. The normalized spacial score (nSPS) is 25.2. The summed E-state index contributed by atoms with van der Waals surface area (Å²) in [5.74, 6) is -1.96. The van der Waals surface area contributed by atoms with Crippen molar-refractivity contribution in [3.63, 3.8) is 0 Å². The third kappa shape index (κ3) is 3.73. The van der Waals surface area contributed by atoms with Gasteiger partial charge in [-0.05, 0) is 31.4 Å². The van der Waals surface area contributed by atoms with E-state index in [9.17, 15) is 18.4 Å². The van der Waals surface area contributed by atoms with Crippen molar-refractivity contribution in [3.8, 4) is 6.07 Å².